The van der Waals surface area contributed by atoms with Crippen LogP contribution in [0.2, 0.25) is 0 Å². The van der Waals surface area contributed by atoms with Gasteiger partial charge in [-0.15, -0.1) is 10.2 Å². The molecule has 4 heteroatoms. The molecule has 1 aromatic carbocycles. The van der Waals surface area contributed by atoms with Crippen LogP contribution in [-0.4, -0.2) is 21.3 Å². The van der Waals surface area contributed by atoms with Crippen LogP contribution in [0.3, 0.4) is 0 Å². The van der Waals surface area contributed by atoms with Crippen LogP contribution in [0.1, 0.15) is 25.0 Å². The highest BCUT2D eigenvalue weighted by Crippen LogP contribution is 2.25. The molecule has 0 spiro atoms. The summed E-state index contributed by atoms with van der Waals surface area (Å²) in [5.41, 5.74) is 3.63. The van der Waals surface area contributed by atoms with Gasteiger partial charge in [-0.3, -0.25) is 4.57 Å². The third-order valence-electron chi connectivity index (χ3n) is 3.04. The summed E-state index contributed by atoms with van der Waals surface area (Å²) < 4.78 is 2.12. The fraction of sp³-hybridized carbons (Fsp3) is 0.429. The van der Waals surface area contributed by atoms with Crippen molar-refractivity contribution in [3.63, 3.8) is 0 Å². The average Bonchev–Trinajstić information content (AvgIpc) is 2.75. The van der Waals surface area contributed by atoms with Crippen molar-refractivity contribution in [3.8, 4) is 11.4 Å². The number of anilines is 1. The highest BCUT2D eigenvalue weighted by atomic mass is 15.3. The molecule has 18 heavy (non-hydrogen) atoms. The Morgan fingerprint density at radius 3 is 2.61 bits per heavy atom. The number of aromatic nitrogens is 3. The topological polar surface area (TPSA) is 42.7 Å². The third-order valence-corrected chi connectivity index (χ3v) is 3.04. The number of benzene rings is 1. The summed E-state index contributed by atoms with van der Waals surface area (Å²) in [6, 6.07) is 6.42. The number of aryl methyl sites for hydroxylation is 2. The first-order chi connectivity index (χ1) is 8.67. The molecule has 0 radical (unpaired) electrons. The van der Waals surface area contributed by atoms with Gasteiger partial charge in [-0.1, -0.05) is 17.7 Å². The van der Waals surface area contributed by atoms with Gasteiger partial charge >= 0.3 is 0 Å². The lowest BCUT2D eigenvalue weighted by atomic mass is 10.1. The van der Waals surface area contributed by atoms with Crippen molar-refractivity contribution in [1.29, 1.82) is 0 Å². The lowest BCUT2D eigenvalue weighted by molar-refractivity contribution is 0.770. The van der Waals surface area contributed by atoms with Crippen molar-refractivity contribution in [2.75, 3.05) is 11.9 Å². The largest absolute Gasteiger partial charge is 0.355 e. The lowest BCUT2D eigenvalue weighted by Crippen LogP contribution is -2.07. The van der Waals surface area contributed by atoms with Crippen LogP contribution >= 0.6 is 0 Å². The van der Waals surface area contributed by atoms with Gasteiger partial charge in [-0.05, 0) is 39.3 Å². The van der Waals surface area contributed by atoms with Crippen molar-refractivity contribution >= 4 is 5.95 Å². The minimum Gasteiger partial charge on any atom is -0.355 e. The van der Waals surface area contributed by atoms with E-state index in [4.69, 9.17) is 0 Å². The molecule has 1 N–H and O–H groups in total. The Kier molecular flexibility index (Phi) is 3.65. The molecule has 2 rings (SSSR count). The van der Waals surface area contributed by atoms with Crippen LogP contribution in [0, 0.1) is 13.8 Å². The SMILES string of the molecule is CCNc1nnc(-c2cc(C)ccc2C)n1CC. The van der Waals surface area contributed by atoms with Crippen molar-refractivity contribution < 1.29 is 0 Å². The number of nitrogens with one attached hydrogen (secondary N) is 1. The molecule has 0 fully saturated rings. The molecule has 0 bridgehead atoms. The predicted molar refractivity (Wildman–Crippen MR) is 74.8 cm³/mol. The fourth-order valence-corrected chi connectivity index (χ4v) is 2.07. The summed E-state index contributed by atoms with van der Waals surface area (Å²) in [6.07, 6.45) is 0. The zero-order chi connectivity index (χ0) is 13.1. The molecule has 0 saturated heterocycles. The van der Waals surface area contributed by atoms with Gasteiger partial charge in [-0.2, -0.15) is 0 Å². The van der Waals surface area contributed by atoms with E-state index < -0.39 is 0 Å². The molecule has 0 saturated carbocycles. The Labute approximate surface area is 108 Å². The van der Waals surface area contributed by atoms with Gasteiger partial charge in [0.25, 0.3) is 0 Å². The minimum atomic E-state index is 0.843. The molecule has 0 aliphatic rings. The number of nitrogens with zero attached hydrogens (tertiary/aromatic N) is 3. The van der Waals surface area contributed by atoms with Crippen LogP contribution in [0.25, 0.3) is 11.4 Å². The van der Waals surface area contributed by atoms with E-state index >= 15 is 0 Å². The second-order valence-electron chi connectivity index (χ2n) is 4.44. The molecule has 96 valence electrons. The van der Waals surface area contributed by atoms with Gasteiger partial charge in [0.2, 0.25) is 5.95 Å². The van der Waals surface area contributed by atoms with Crippen LogP contribution in [0.4, 0.5) is 5.95 Å². The number of rotatable bonds is 4. The van der Waals surface area contributed by atoms with E-state index in [1.165, 1.54) is 11.1 Å². The standard InChI is InChI=1S/C14H20N4/c1-5-15-14-17-16-13(18(14)6-2)12-9-10(3)7-8-11(12)4/h7-9H,5-6H2,1-4H3,(H,15,17). The van der Waals surface area contributed by atoms with Crippen molar-refractivity contribution in [3.05, 3.63) is 29.3 Å². The van der Waals surface area contributed by atoms with E-state index in [2.05, 4.69) is 66.0 Å². The van der Waals surface area contributed by atoms with Crippen molar-refractivity contribution in [1.82, 2.24) is 14.8 Å². The Hall–Kier alpha value is -1.84. The van der Waals surface area contributed by atoms with E-state index in [1.54, 1.807) is 0 Å². The summed E-state index contributed by atoms with van der Waals surface area (Å²) in [7, 11) is 0. The summed E-state index contributed by atoms with van der Waals surface area (Å²) in [5.74, 6) is 1.78. The minimum absolute atomic E-state index is 0.843. The zero-order valence-electron chi connectivity index (χ0n) is 11.5. The molecular weight excluding hydrogens is 224 g/mol. The van der Waals surface area contributed by atoms with Crippen LogP contribution in [0.5, 0.6) is 0 Å². The average molecular weight is 244 g/mol. The quantitative estimate of drug-likeness (QED) is 0.899. The summed E-state index contributed by atoms with van der Waals surface area (Å²) >= 11 is 0. The fourth-order valence-electron chi connectivity index (χ4n) is 2.07. The molecule has 2 aromatic rings. The van der Waals surface area contributed by atoms with Crippen LogP contribution in [-0.2, 0) is 6.54 Å². The van der Waals surface area contributed by atoms with Gasteiger partial charge in [0, 0.05) is 18.7 Å². The molecule has 0 atom stereocenters. The summed E-state index contributed by atoms with van der Waals surface area (Å²) in [6.45, 7) is 10.1. The van der Waals surface area contributed by atoms with Crippen LogP contribution in [0.15, 0.2) is 18.2 Å². The monoisotopic (exact) mass is 244 g/mol. The molecule has 1 heterocycles. The maximum absolute atomic E-state index is 4.33. The summed E-state index contributed by atoms with van der Waals surface area (Å²) in [5, 5.41) is 11.8. The molecule has 0 aliphatic heterocycles. The van der Waals surface area contributed by atoms with Crippen molar-refractivity contribution in [2.24, 2.45) is 0 Å². The Bertz CT molecular complexity index is 543. The highest BCUT2D eigenvalue weighted by molar-refractivity contribution is 5.62. The van der Waals surface area contributed by atoms with Gasteiger partial charge < -0.3 is 5.32 Å². The summed E-state index contributed by atoms with van der Waals surface area (Å²) in [4.78, 5) is 0. The zero-order valence-corrected chi connectivity index (χ0v) is 11.5. The van der Waals surface area contributed by atoms with Crippen molar-refractivity contribution in [2.45, 2.75) is 34.2 Å². The first-order valence-electron chi connectivity index (χ1n) is 6.42. The second-order valence-corrected chi connectivity index (χ2v) is 4.44. The second kappa shape index (κ2) is 5.21. The highest BCUT2D eigenvalue weighted by Gasteiger charge is 2.13. The Morgan fingerprint density at radius 2 is 1.94 bits per heavy atom. The first kappa shape index (κ1) is 12.6. The maximum Gasteiger partial charge on any atom is 0.224 e. The Balaban J connectivity index is 2.53. The molecule has 0 amide bonds. The van der Waals surface area contributed by atoms with Gasteiger partial charge in [-0.25, -0.2) is 0 Å². The van der Waals surface area contributed by atoms with Gasteiger partial charge in [0.15, 0.2) is 5.82 Å². The van der Waals surface area contributed by atoms with E-state index in [0.29, 0.717) is 0 Å². The smallest absolute Gasteiger partial charge is 0.224 e. The normalized spacial score (nSPS) is 10.7. The predicted octanol–water partition coefficient (Wildman–Crippen LogP) is 3.01. The third kappa shape index (κ3) is 2.23. The molecule has 1 aromatic heterocycles. The van der Waals surface area contributed by atoms with Gasteiger partial charge in [0.1, 0.15) is 0 Å². The van der Waals surface area contributed by atoms with E-state index in [9.17, 15) is 0 Å². The Morgan fingerprint density at radius 1 is 1.17 bits per heavy atom. The molecular formula is C14H20N4. The number of hydrogen-bond donors (Lipinski definition) is 1. The molecule has 0 aliphatic carbocycles. The van der Waals surface area contributed by atoms with E-state index in [1.807, 2.05) is 0 Å². The van der Waals surface area contributed by atoms with E-state index in [0.717, 1.165) is 30.4 Å². The lowest BCUT2D eigenvalue weighted by Gasteiger charge is -2.10. The number of hydrogen-bond acceptors (Lipinski definition) is 3. The maximum atomic E-state index is 4.33. The first-order valence-corrected chi connectivity index (χ1v) is 6.42. The van der Waals surface area contributed by atoms with Gasteiger partial charge in [0.05, 0.1) is 0 Å². The molecule has 0 unspecified atom stereocenters. The van der Waals surface area contributed by atoms with Crippen LogP contribution < -0.4 is 5.32 Å². The van der Waals surface area contributed by atoms with E-state index in [-0.39, 0.29) is 0 Å². The molecule has 4 nitrogen and oxygen atoms in total.